The fourth-order valence-electron chi connectivity index (χ4n) is 1.12. The molecule has 0 atom stereocenters. The van der Waals surface area contributed by atoms with E-state index in [0.29, 0.717) is 0 Å². The van der Waals surface area contributed by atoms with Gasteiger partial charge >= 0.3 is 37.7 Å². The van der Waals surface area contributed by atoms with Gasteiger partial charge in [-0.25, -0.2) is 11.1 Å². The van der Waals surface area contributed by atoms with E-state index < -0.39 is 0 Å². The van der Waals surface area contributed by atoms with Gasteiger partial charge in [0.25, 0.3) is 0 Å². The molecule has 58 valence electrons. The molecular weight excluding hydrogens is 184 g/mol. The molecule has 0 aromatic heterocycles. The van der Waals surface area contributed by atoms with Gasteiger partial charge in [0, 0.05) is 0 Å². The monoisotopic (exact) mass is 192 g/mol. The van der Waals surface area contributed by atoms with Crippen LogP contribution in [0.1, 0.15) is 0 Å². The summed E-state index contributed by atoms with van der Waals surface area (Å²) in [7, 11) is 0. The van der Waals surface area contributed by atoms with Crippen molar-refractivity contribution in [1.82, 2.24) is 0 Å². The molecule has 0 saturated heterocycles. The van der Waals surface area contributed by atoms with E-state index in [0.717, 1.165) is 11.1 Å². The Hall–Kier alpha value is -0.300. The summed E-state index contributed by atoms with van der Waals surface area (Å²) >= 11 is 0. The first-order chi connectivity index (χ1) is 5.97. The second kappa shape index (κ2) is 5.43. The van der Waals surface area contributed by atoms with Crippen LogP contribution in [0.2, 0.25) is 0 Å². The first-order valence-corrected chi connectivity index (χ1v) is 3.90. The Morgan fingerprint density at radius 1 is 0.692 bits per heavy atom. The molecule has 0 amide bonds. The van der Waals surface area contributed by atoms with Crippen LogP contribution in [0.4, 0.5) is 0 Å². The third kappa shape index (κ3) is 2.84. The Morgan fingerprint density at radius 3 is 1.46 bits per heavy atom. The standard InChI is InChI=1S/C12H8.Ca/c1-3-7-11(8-4-1)12-9-5-2-6-10-12;/h1-7,9H;/q-2;+2. The van der Waals surface area contributed by atoms with Crippen LogP contribution >= 0.6 is 0 Å². The van der Waals surface area contributed by atoms with E-state index in [1.54, 1.807) is 0 Å². The van der Waals surface area contributed by atoms with Gasteiger partial charge in [-0.3, -0.25) is 0 Å². The molecule has 13 heavy (non-hydrogen) atoms. The molecule has 2 aromatic carbocycles. The van der Waals surface area contributed by atoms with Crippen molar-refractivity contribution in [2.75, 3.05) is 0 Å². The van der Waals surface area contributed by atoms with E-state index in [-0.39, 0.29) is 37.7 Å². The molecular formula is C12H8Ca. The molecule has 0 aliphatic rings. The van der Waals surface area contributed by atoms with Gasteiger partial charge in [0.15, 0.2) is 0 Å². The predicted molar refractivity (Wildman–Crippen MR) is 55.3 cm³/mol. The molecule has 0 unspecified atom stereocenters. The first kappa shape index (κ1) is 10.8. The quantitative estimate of drug-likeness (QED) is 0.481. The molecule has 0 fully saturated rings. The smallest absolute Gasteiger partial charge is 0.226 e. The van der Waals surface area contributed by atoms with Gasteiger partial charge in [-0.1, -0.05) is 0 Å². The molecule has 2 aromatic rings. The maximum Gasteiger partial charge on any atom is 2.00 e. The summed E-state index contributed by atoms with van der Waals surface area (Å²) in [6.45, 7) is 0. The second-order valence-electron chi connectivity index (χ2n) is 2.55. The molecule has 0 radical (unpaired) electrons. The first-order valence-electron chi connectivity index (χ1n) is 3.90. The average Bonchev–Trinajstić information content (AvgIpc) is 2.21. The molecule has 0 spiro atoms. The largest absolute Gasteiger partial charge is 2.00 e. The van der Waals surface area contributed by atoms with Gasteiger partial charge < -0.3 is 0 Å². The minimum absolute atomic E-state index is 0. The summed E-state index contributed by atoms with van der Waals surface area (Å²) < 4.78 is 0. The maximum absolute atomic E-state index is 3.15. The Morgan fingerprint density at radius 2 is 1.15 bits per heavy atom. The Labute approximate surface area is 109 Å². The van der Waals surface area contributed by atoms with Crippen molar-refractivity contribution < 1.29 is 0 Å². The number of benzene rings is 2. The SMILES string of the molecule is [Ca+2].[c-]1ccccc1-c1[c-]cccc1. The minimum Gasteiger partial charge on any atom is -0.226 e. The fourth-order valence-corrected chi connectivity index (χ4v) is 1.12. The number of hydrogen-bond acceptors (Lipinski definition) is 0. The van der Waals surface area contributed by atoms with Crippen molar-refractivity contribution in [2.45, 2.75) is 0 Å². The number of rotatable bonds is 1. The van der Waals surface area contributed by atoms with Gasteiger partial charge in [-0.05, 0) is 0 Å². The molecule has 0 aliphatic heterocycles. The Bertz CT molecular complexity index is 303. The third-order valence-electron chi connectivity index (χ3n) is 1.71. The van der Waals surface area contributed by atoms with Crippen LogP contribution < -0.4 is 0 Å². The van der Waals surface area contributed by atoms with Crippen molar-refractivity contribution in [3.63, 3.8) is 0 Å². The molecule has 0 saturated carbocycles. The van der Waals surface area contributed by atoms with E-state index in [4.69, 9.17) is 0 Å². The summed E-state index contributed by atoms with van der Waals surface area (Å²) in [4.78, 5) is 0. The summed E-state index contributed by atoms with van der Waals surface area (Å²) in [6, 6.07) is 22.1. The predicted octanol–water partition coefficient (Wildman–Crippen LogP) is 2.57. The van der Waals surface area contributed by atoms with Crippen LogP contribution in [0.15, 0.2) is 48.5 Å². The van der Waals surface area contributed by atoms with Crippen molar-refractivity contribution in [3.05, 3.63) is 60.7 Å². The van der Waals surface area contributed by atoms with Crippen molar-refractivity contribution >= 4 is 37.7 Å². The summed E-state index contributed by atoms with van der Waals surface area (Å²) in [5, 5.41) is 0. The van der Waals surface area contributed by atoms with Gasteiger partial charge in [0.05, 0.1) is 0 Å². The van der Waals surface area contributed by atoms with Crippen LogP contribution in [-0.4, -0.2) is 37.7 Å². The summed E-state index contributed by atoms with van der Waals surface area (Å²) in [5.41, 5.74) is 2.19. The molecule has 0 aliphatic carbocycles. The van der Waals surface area contributed by atoms with Crippen LogP contribution in [0.3, 0.4) is 0 Å². The Kier molecular flexibility index (Phi) is 4.51. The molecule has 1 heteroatoms. The second-order valence-corrected chi connectivity index (χ2v) is 2.55. The number of hydrogen-bond donors (Lipinski definition) is 0. The zero-order chi connectivity index (χ0) is 8.23. The van der Waals surface area contributed by atoms with Crippen LogP contribution in [0.25, 0.3) is 11.1 Å². The van der Waals surface area contributed by atoms with Crippen LogP contribution in [0.5, 0.6) is 0 Å². The van der Waals surface area contributed by atoms with E-state index in [1.807, 2.05) is 48.5 Å². The van der Waals surface area contributed by atoms with Gasteiger partial charge in [-0.2, -0.15) is 48.5 Å². The molecule has 0 bridgehead atoms. The van der Waals surface area contributed by atoms with E-state index in [9.17, 15) is 0 Å². The molecule has 0 N–H and O–H groups in total. The van der Waals surface area contributed by atoms with E-state index in [2.05, 4.69) is 12.1 Å². The molecule has 0 nitrogen and oxygen atoms in total. The maximum atomic E-state index is 3.15. The summed E-state index contributed by atoms with van der Waals surface area (Å²) in [5.74, 6) is 0. The Balaban J connectivity index is 0.000000845. The van der Waals surface area contributed by atoms with E-state index >= 15 is 0 Å². The van der Waals surface area contributed by atoms with E-state index in [1.165, 1.54) is 0 Å². The average molecular weight is 192 g/mol. The van der Waals surface area contributed by atoms with Crippen LogP contribution in [0, 0.1) is 12.1 Å². The fraction of sp³-hybridized carbons (Fsp3) is 0. The molecule has 0 heterocycles. The van der Waals surface area contributed by atoms with Crippen molar-refractivity contribution in [3.8, 4) is 11.1 Å². The van der Waals surface area contributed by atoms with Crippen molar-refractivity contribution in [2.24, 2.45) is 0 Å². The third-order valence-corrected chi connectivity index (χ3v) is 1.71. The topological polar surface area (TPSA) is 0 Å². The van der Waals surface area contributed by atoms with Gasteiger partial charge in [-0.15, -0.1) is 12.1 Å². The van der Waals surface area contributed by atoms with Crippen molar-refractivity contribution in [1.29, 1.82) is 0 Å². The minimum atomic E-state index is 0. The zero-order valence-corrected chi connectivity index (χ0v) is 9.53. The zero-order valence-electron chi connectivity index (χ0n) is 7.33. The van der Waals surface area contributed by atoms with Crippen LogP contribution in [-0.2, 0) is 0 Å². The normalized spacial score (nSPS) is 8.92. The van der Waals surface area contributed by atoms with Gasteiger partial charge in [0.1, 0.15) is 0 Å². The molecule has 2 rings (SSSR count). The van der Waals surface area contributed by atoms with Gasteiger partial charge in [0.2, 0.25) is 0 Å². The summed E-state index contributed by atoms with van der Waals surface area (Å²) in [6.07, 6.45) is 0.